The van der Waals surface area contributed by atoms with Gasteiger partial charge in [-0.15, -0.1) is 0 Å². The Labute approximate surface area is 276 Å². The Morgan fingerprint density at radius 3 is 1.74 bits per heavy atom. The van der Waals surface area contributed by atoms with E-state index in [9.17, 15) is 0 Å². The van der Waals surface area contributed by atoms with Gasteiger partial charge in [-0.05, 0) is 99.9 Å². The van der Waals surface area contributed by atoms with Crippen LogP contribution in [0.25, 0.3) is 76.5 Å². The van der Waals surface area contributed by atoms with Crippen LogP contribution in [-0.2, 0) is 11.8 Å². The summed E-state index contributed by atoms with van der Waals surface area (Å²) < 4.78 is 6.22. The van der Waals surface area contributed by atoms with Gasteiger partial charge in [0, 0.05) is 11.1 Å². The maximum atomic E-state index is 6.22. The summed E-state index contributed by atoms with van der Waals surface area (Å²) in [4.78, 5) is 0. The number of benzene rings is 8. The first kappa shape index (κ1) is 27.9. The van der Waals surface area contributed by atoms with Gasteiger partial charge in [-0.1, -0.05) is 148 Å². The first-order valence-corrected chi connectivity index (χ1v) is 16.6. The number of methoxy groups -OCH3 is 1. The Morgan fingerprint density at radius 2 is 1.04 bits per heavy atom. The molecule has 0 aromatic heterocycles. The third-order valence-electron chi connectivity index (χ3n) is 10.3. The molecule has 0 unspecified atom stereocenters. The summed E-state index contributed by atoms with van der Waals surface area (Å²) in [6.45, 7) is 7.13. The van der Waals surface area contributed by atoms with Crippen molar-refractivity contribution in [1.29, 1.82) is 0 Å². The normalized spacial score (nSPS) is 12.6. The van der Waals surface area contributed by atoms with E-state index in [1.54, 1.807) is 7.11 Å². The molecule has 0 bridgehead atoms. The lowest BCUT2D eigenvalue weighted by Gasteiger charge is -2.29. The smallest absolute Gasteiger partial charge is 0.127 e. The molecule has 0 aliphatic heterocycles. The highest BCUT2D eigenvalue weighted by Gasteiger charge is 2.34. The number of ether oxygens (including phenoxy) is 1. The van der Waals surface area contributed by atoms with Crippen molar-refractivity contribution in [3.05, 3.63) is 150 Å². The van der Waals surface area contributed by atoms with Crippen LogP contribution in [0, 0.1) is 0 Å². The fourth-order valence-electron chi connectivity index (χ4n) is 8.45. The van der Waals surface area contributed by atoms with Crippen LogP contribution in [-0.4, -0.2) is 7.11 Å². The molecule has 0 saturated heterocycles. The summed E-state index contributed by atoms with van der Waals surface area (Å²) in [6, 6.07) is 49.3. The predicted molar refractivity (Wildman–Crippen MR) is 201 cm³/mol. The third kappa shape index (κ3) is 4.09. The lowest BCUT2D eigenvalue weighted by Crippen LogP contribution is -2.15. The van der Waals surface area contributed by atoms with E-state index in [4.69, 9.17) is 4.74 Å². The van der Waals surface area contributed by atoms with Gasteiger partial charge in [0.15, 0.2) is 0 Å². The van der Waals surface area contributed by atoms with E-state index < -0.39 is 0 Å². The van der Waals surface area contributed by atoms with Gasteiger partial charge in [-0.3, -0.25) is 0 Å². The molecular weight excluding hydrogens is 569 g/mol. The van der Waals surface area contributed by atoms with Crippen LogP contribution in [0.4, 0.5) is 0 Å². The maximum Gasteiger partial charge on any atom is 0.127 e. The van der Waals surface area contributed by atoms with Crippen molar-refractivity contribution in [2.45, 2.75) is 32.6 Å². The highest BCUT2D eigenvalue weighted by atomic mass is 16.5. The molecule has 0 saturated carbocycles. The van der Waals surface area contributed by atoms with E-state index in [-0.39, 0.29) is 5.41 Å². The van der Waals surface area contributed by atoms with Gasteiger partial charge in [0.25, 0.3) is 0 Å². The minimum Gasteiger partial charge on any atom is -0.496 e. The molecule has 8 aromatic rings. The Morgan fingerprint density at radius 1 is 0.468 bits per heavy atom. The number of rotatable bonds is 3. The quantitative estimate of drug-likeness (QED) is 0.182. The van der Waals surface area contributed by atoms with E-state index in [0.717, 1.165) is 17.7 Å². The number of fused-ring (bicyclic) bond motifs is 8. The molecule has 1 nitrogen and oxygen atoms in total. The van der Waals surface area contributed by atoms with Gasteiger partial charge in [0.1, 0.15) is 5.75 Å². The van der Waals surface area contributed by atoms with E-state index in [2.05, 4.69) is 154 Å². The third-order valence-corrected chi connectivity index (χ3v) is 10.3. The summed E-state index contributed by atoms with van der Waals surface area (Å²) >= 11 is 0. The van der Waals surface area contributed by atoms with Crippen molar-refractivity contribution in [3.8, 4) is 39.1 Å². The molecule has 0 fully saturated rings. The van der Waals surface area contributed by atoms with Crippen LogP contribution in [0.2, 0.25) is 0 Å². The van der Waals surface area contributed by atoms with E-state index in [1.165, 1.54) is 87.6 Å². The molecule has 8 aromatic carbocycles. The average molecular weight is 605 g/mol. The molecule has 0 heterocycles. The predicted octanol–water partition coefficient (Wildman–Crippen LogP) is 12.5. The zero-order chi connectivity index (χ0) is 31.9. The minimum atomic E-state index is -0.0452. The molecule has 0 amide bonds. The Kier molecular flexibility index (Phi) is 6.11. The monoisotopic (exact) mass is 604 g/mol. The van der Waals surface area contributed by atoms with Crippen LogP contribution < -0.4 is 4.74 Å². The first-order valence-electron chi connectivity index (χ1n) is 16.6. The molecule has 1 heteroatoms. The molecule has 0 atom stereocenters. The molecule has 9 rings (SSSR count). The van der Waals surface area contributed by atoms with Gasteiger partial charge in [-0.2, -0.15) is 0 Å². The topological polar surface area (TPSA) is 9.23 Å². The van der Waals surface area contributed by atoms with Crippen LogP contribution >= 0.6 is 0 Å². The van der Waals surface area contributed by atoms with Crippen molar-refractivity contribution in [3.63, 3.8) is 0 Å². The second-order valence-corrected chi connectivity index (χ2v) is 14.0. The van der Waals surface area contributed by atoms with E-state index >= 15 is 0 Å². The highest BCUT2D eigenvalue weighted by Crippen LogP contribution is 2.56. The van der Waals surface area contributed by atoms with Gasteiger partial charge < -0.3 is 4.74 Å². The minimum absolute atomic E-state index is 0.0452. The van der Waals surface area contributed by atoms with Crippen molar-refractivity contribution in [2.75, 3.05) is 7.11 Å². The molecule has 226 valence electrons. The van der Waals surface area contributed by atoms with Gasteiger partial charge in [-0.25, -0.2) is 0 Å². The summed E-state index contributed by atoms with van der Waals surface area (Å²) in [5, 5.41) is 10.1. The van der Waals surface area contributed by atoms with Crippen molar-refractivity contribution in [1.82, 2.24) is 0 Å². The lowest BCUT2D eigenvalue weighted by atomic mass is 9.74. The van der Waals surface area contributed by atoms with Crippen molar-refractivity contribution >= 4 is 43.1 Å². The maximum absolute atomic E-state index is 6.22. The zero-order valence-corrected chi connectivity index (χ0v) is 27.3. The summed E-state index contributed by atoms with van der Waals surface area (Å²) in [7, 11) is 1.80. The lowest BCUT2D eigenvalue weighted by molar-refractivity contribution is 0.417. The molecule has 0 radical (unpaired) electrons. The fraction of sp³-hybridized carbons (Fsp3) is 0.130. The molecule has 0 spiro atoms. The van der Waals surface area contributed by atoms with Gasteiger partial charge in [0.05, 0.1) is 7.11 Å². The number of hydrogen-bond donors (Lipinski definition) is 0. The van der Waals surface area contributed by atoms with E-state index in [1.807, 2.05) is 0 Å². The second-order valence-electron chi connectivity index (χ2n) is 14.0. The SMILES string of the molecule is COc1ccc2ccccc2c1-c1c(-c2c3c(c(C(C)(C)C)c4ccc5ccccc5c24)Cc2ccccc2-3)ccc2ccccc12. The zero-order valence-electron chi connectivity index (χ0n) is 27.3. The number of hydrogen-bond acceptors (Lipinski definition) is 1. The van der Waals surface area contributed by atoms with E-state index in [0.29, 0.717) is 0 Å². The largest absolute Gasteiger partial charge is 0.496 e. The summed E-state index contributed by atoms with van der Waals surface area (Å²) in [5.41, 5.74) is 11.9. The van der Waals surface area contributed by atoms with Crippen molar-refractivity contribution in [2.24, 2.45) is 0 Å². The summed E-state index contributed by atoms with van der Waals surface area (Å²) in [6.07, 6.45) is 0.939. The molecule has 0 N–H and O–H groups in total. The average Bonchev–Trinajstić information content (AvgIpc) is 3.48. The summed E-state index contributed by atoms with van der Waals surface area (Å²) in [5.74, 6) is 0.888. The van der Waals surface area contributed by atoms with Crippen molar-refractivity contribution < 1.29 is 4.74 Å². The standard InChI is InChI=1S/C46H36O/c1-46(2,3)45-37-25-22-29-14-6-10-18-33(29)41(37)44(42-35-20-12-8-16-31(35)27-38(42)45)36-24-21-28-13-5-9-17-32(28)40(36)43-34-19-11-7-15-30(34)23-26-39(43)47-4/h5-26H,27H2,1-4H3. The Hall–Kier alpha value is -5.40. The van der Waals surface area contributed by atoms with Gasteiger partial charge >= 0.3 is 0 Å². The fourth-order valence-corrected chi connectivity index (χ4v) is 8.45. The van der Waals surface area contributed by atoms with Crippen LogP contribution in [0.15, 0.2) is 133 Å². The Balaban J connectivity index is 1.58. The van der Waals surface area contributed by atoms with Crippen LogP contribution in [0.5, 0.6) is 5.75 Å². The Bertz CT molecular complexity index is 2560. The van der Waals surface area contributed by atoms with Gasteiger partial charge in [0.2, 0.25) is 0 Å². The second kappa shape index (κ2) is 10.3. The first-order chi connectivity index (χ1) is 22.9. The molecule has 47 heavy (non-hydrogen) atoms. The van der Waals surface area contributed by atoms with Crippen LogP contribution in [0.3, 0.4) is 0 Å². The van der Waals surface area contributed by atoms with Crippen LogP contribution in [0.1, 0.15) is 37.5 Å². The molecule has 1 aliphatic rings. The molecule has 1 aliphatic carbocycles. The molecular formula is C46H36O. The highest BCUT2D eigenvalue weighted by molar-refractivity contribution is 6.24.